The largest absolute Gasteiger partial charge is 0.439 e. The van der Waals surface area contributed by atoms with Crippen LogP contribution in [0.15, 0.2) is 48.5 Å². The normalized spacial score (nSPS) is 15.3. The monoisotopic (exact) mass is 514 g/mol. The highest BCUT2D eigenvalue weighted by molar-refractivity contribution is 6.32. The zero-order valence-corrected chi connectivity index (χ0v) is 21.9. The lowest BCUT2D eigenvalue weighted by molar-refractivity contribution is 0.0689. The minimum Gasteiger partial charge on any atom is -0.439 e. The van der Waals surface area contributed by atoms with Crippen molar-refractivity contribution >= 4 is 29.1 Å². The fourth-order valence-corrected chi connectivity index (χ4v) is 4.40. The van der Waals surface area contributed by atoms with Gasteiger partial charge in [-0.2, -0.15) is 9.78 Å². The van der Waals surface area contributed by atoms with Gasteiger partial charge in [0.2, 0.25) is 5.88 Å². The van der Waals surface area contributed by atoms with Crippen LogP contribution in [0, 0.1) is 5.92 Å². The first-order chi connectivity index (χ1) is 16.9. The first-order valence-corrected chi connectivity index (χ1v) is 13.0. The summed E-state index contributed by atoms with van der Waals surface area (Å²) in [6, 6.07) is 14.8. The van der Waals surface area contributed by atoms with Crippen LogP contribution in [-0.4, -0.2) is 39.7 Å². The number of ether oxygens (including phenoxy) is 1. The third kappa shape index (κ3) is 6.00. The van der Waals surface area contributed by atoms with E-state index in [1.165, 1.54) is 0 Å². The van der Waals surface area contributed by atoms with Crippen LogP contribution < -0.4 is 10.1 Å². The second kappa shape index (κ2) is 11.5. The Bertz CT molecular complexity index is 1150. The van der Waals surface area contributed by atoms with Gasteiger partial charge in [0.1, 0.15) is 5.75 Å². The van der Waals surface area contributed by atoms with Gasteiger partial charge in [-0.15, -0.1) is 0 Å². The van der Waals surface area contributed by atoms with Gasteiger partial charge < -0.3 is 15.0 Å². The molecule has 1 atom stereocenters. The molecule has 0 bridgehead atoms. The van der Waals surface area contributed by atoms with Crippen molar-refractivity contribution in [1.82, 2.24) is 20.0 Å². The van der Waals surface area contributed by atoms with E-state index >= 15 is 0 Å². The molecule has 6 nitrogen and oxygen atoms in total. The molecule has 1 N–H and O–H groups in total. The Kier molecular flexibility index (Phi) is 8.37. The topological polar surface area (TPSA) is 59.4 Å². The number of carbonyl (C=O) groups is 1. The maximum atomic E-state index is 13.7. The number of carbonyl (C=O) groups excluding carboxylic acids is 1. The molecule has 0 aliphatic carbocycles. The van der Waals surface area contributed by atoms with Crippen molar-refractivity contribution in [2.75, 3.05) is 13.1 Å². The molecule has 8 heteroatoms. The van der Waals surface area contributed by atoms with Gasteiger partial charge >= 0.3 is 0 Å². The molecule has 0 radical (unpaired) electrons. The van der Waals surface area contributed by atoms with E-state index in [9.17, 15) is 4.79 Å². The van der Waals surface area contributed by atoms with Crippen molar-refractivity contribution in [3.8, 4) is 17.3 Å². The summed E-state index contributed by atoms with van der Waals surface area (Å²) in [5.41, 5.74) is 1.75. The van der Waals surface area contributed by atoms with E-state index in [0.29, 0.717) is 51.1 Å². The third-order valence-corrected chi connectivity index (χ3v) is 7.13. The Morgan fingerprint density at radius 2 is 1.83 bits per heavy atom. The van der Waals surface area contributed by atoms with Crippen LogP contribution in [-0.2, 0) is 6.54 Å². The SMILES string of the molecule is CCC(C)NCc1c(C(=O)N2CCC(C)CC2)nn(-c2ccccc2Cl)c1Oc1ccc(Cl)cc1. The van der Waals surface area contributed by atoms with Gasteiger partial charge in [0.25, 0.3) is 5.91 Å². The number of benzene rings is 2. The van der Waals surface area contributed by atoms with E-state index in [-0.39, 0.29) is 11.9 Å². The summed E-state index contributed by atoms with van der Waals surface area (Å²) in [6.45, 7) is 8.36. The van der Waals surface area contributed by atoms with Crippen molar-refractivity contribution in [2.24, 2.45) is 5.92 Å². The van der Waals surface area contributed by atoms with E-state index in [1.54, 1.807) is 35.0 Å². The number of hydrogen-bond donors (Lipinski definition) is 1. The molecule has 1 unspecified atom stereocenters. The minimum absolute atomic E-state index is 0.0791. The molecule has 2 heterocycles. The molecule has 1 aliphatic rings. The van der Waals surface area contributed by atoms with Gasteiger partial charge in [0.05, 0.1) is 16.3 Å². The summed E-state index contributed by atoms with van der Waals surface area (Å²) in [4.78, 5) is 15.6. The van der Waals surface area contributed by atoms with Crippen molar-refractivity contribution in [2.45, 2.75) is 52.6 Å². The fraction of sp³-hybridized carbons (Fsp3) is 0.407. The van der Waals surface area contributed by atoms with Crippen molar-refractivity contribution in [3.05, 3.63) is 69.8 Å². The minimum atomic E-state index is -0.0791. The highest BCUT2D eigenvalue weighted by Gasteiger charge is 2.31. The lowest BCUT2D eigenvalue weighted by Gasteiger charge is -2.30. The Morgan fingerprint density at radius 1 is 1.14 bits per heavy atom. The number of nitrogens with one attached hydrogen (secondary N) is 1. The van der Waals surface area contributed by atoms with E-state index < -0.39 is 0 Å². The quantitative estimate of drug-likeness (QED) is 0.361. The molecular weight excluding hydrogens is 483 g/mol. The molecule has 1 saturated heterocycles. The standard InChI is InChI=1S/C27H32Cl2N4O2/c1-4-19(3)30-17-22-25(26(34)32-15-13-18(2)14-16-32)31-33(24-8-6-5-7-23(24)29)27(22)35-21-11-9-20(28)10-12-21/h5-12,18-19,30H,4,13-17H2,1-3H3. The summed E-state index contributed by atoms with van der Waals surface area (Å²) in [6.07, 6.45) is 2.94. The van der Waals surface area contributed by atoms with Crippen LogP contribution in [0.5, 0.6) is 11.6 Å². The van der Waals surface area contributed by atoms with Crippen LogP contribution in [0.2, 0.25) is 10.0 Å². The van der Waals surface area contributed by atoms with Gasteiger partial charge in [0, 0.05) is 30.7 Å². The molecular formula is C27H32Cl2N4O2. The molecule has 1 aliphatic heterocycles. The number of nitrogens with zero attached hydrogens (tertiary/aromatic N) is 3. The molecule has 4 rings (SSSR count). The first-order valence-electron chi connectivity index (χ1n) is 12.2. The van der Waals surface area contributed by atoms with Crippen LogP contribution in [0.3, 0.4) is 0 Å². The van der Waals surface area contributed by atoms with Gasteiger partial charge in [-0.25, -0.2) is 0 Å². The van der Waals surface area contributed by atoms with Gasteiger partial charge in [0.15, 0.2) is 5.69 Å². The lowest BCUT2D eigenvalue weighted by Crippen LogP contribution is -2.38. The second-order valence-electron chi connectivity index (χ2n) is 9.22. The number of amides is 1. The summed E-state index contributed by atoms with van der Waals surface area (Å²) >= 11 is 12.7. The van der Waals surface area contributed by atoms with E-state index in [0.717, 1.165) is 32.4 Å². The summed E-state index contributed by atoms with van der Waals surface area (Å²) in [5.74, 6) is 1.60. The maximum absolute atomic E-state index is 13.7. The number of piperidine rings is 1. The number of hydrogen-bond acceptors (Lipinski definition) is 4. The van der Waals surface area contributed by atoms with Gasteiger partial charge in [-0.05, 0) is 68.5 Å². The van der Waals surface area contributed by atoms with Crippen LogP contribution in [0.25, 0.3) is 5.69 Å². The highest BCUT2D eigenvalue weighted by atomic mass is 35.5. The number of likely N-dealkylation sites (tertiary alicyclic amines) is 1. The van der Waals surface area contributed by atoms with Crippen molar-refractivity contribution in [3.63, 3.8) is 0 Å². The van der Waals surface area contributed by atoms with Crippen molar-refractivity contribution in [1.29, 1.82) is 0 Å². The van der Waals surface area contributed by atoms with E-state index in [4.69, 9.17) is 33.0 Å². The number of aromatic nitrogens is 2. The third-order valence-electron chi connectivity index (χ3n) is 6.56. The predicted molar refractivity (Wildman–Crippen MR) is 141 cm³/mol. The van der Waals surface area contributed by atoms with Gasteiger partial charge in [-0.1, -0.05) is 49.2 Å². The van der Waals surface area contributed by atoms with E-state index in [2.05, 4.69) is 26.1 Å². The average molecular weight is 515 g/mol. The highest BCUT2D eigenvalue weighted by Crippen LogP contribution is 2.34. The molecule has 186 valence electrons. The molecule has 1 amide bonds. The zero-order chi connectivity index (χ0) is 24.9. The molecule has 1 fully saturated rings. The van der Waals surface area contributed by atoms with E-state index in [1.807, 2.05) is 23.1 Å². The summed E-state index contributed by atoms with van der Waals surface area (Å²) in [5, 5.41) is 9.45. The molecule has 1 aromatic heterocycles. The number of halogens is 2. The smallest absolute Gasteiger partial charge is 0.274 e. The van der Waals surface area contributed by atoms with Crippen LogP contribution >= 0.6 is 23.2 Å². The molecule has 2 aromatic carbocycles. The Balaban J connectivity index is 1.82. The maximum Gasteiger partial charge on any atom is 0.274 e. The predicted octanol–water partition coefficient (Wildman–Crippen LogP) is 6.73. The molecule has 0 spiro atoms. The number of rotatable bonds is 8. The summed E-state index contributed by atoms with van der Waals surface area (Å²) in [7, 11) is 0. The Labute approximate surface area is 217 Å². The average Bonchev–Trinajstić information content (AvgIpc) is 3.21. The Hall–Kier alpha value is -2.54. The fourth-order valence-electron chi connectivity index (χ4n) is 4.05. The Morgan fingerprint density at radius 3 is 2.49 bits per heavy atom. The van der Waals surface area contributed by atoms with Gasteiger partial charge in [-0.3, -0.25) is 4.79 Å². The molecule has 0 saturated carbocycles. The first kappa shape index (κ1) is 25.5. The lowest BCUT2D eigenvalue weighted by atomic mass is 9.99. The molecule has 35 heavy (non-hydrogen) atoms. The summed E-state index contributed by atoms with van der Waals surface area (Å²) < 4.78 is 8.02. The van der Waals surface area contributed by atoms with Crippen molar-refractivity contribution < 1.29 is 9.53 Å². The number of para-hydroxylation sites is 1. The second-order valence-corrected chi connectivity index (χ2v) is 10.1. The van der Waals surface area contributed by atoms with Crippen LogP contribution in [0.1, 0.15) is 56.1 Å². The van der Waals surface area contributed by atoms with Crippen LogP contribution in [0.4, 0.5) is 0 Å². The molecule has 3 aromatic rings. The zero-order valence-electron chi connectivity index (χ0n) is 20.4.